The molecular formula is C12H17NO3. The molecule has 0 amide bonds. The fraction of sp³-hybridized carbons (Fsp3) is 0.667. The maximum Gasteiger partial charge on any atom is 0.309 e. The van der Waals surface area contributed by atoms with Crippen molar-refractivity contribution < 1.29 is 14.3 Å². The van der Waals surface area contributed by atoms with Crippen LogP contribution in [0.1, 0.15) is 50.6 Å². The summed E-state index contributed by atoms with van der Waals surface area (Å²) in [6.07, 6.45) is 7.27. The van der Waals surface area contributed by atoms with Crippen LogP contribution in [0.25, 0.3) is 0 Å². The van der Waals surface area contributed by atoms with E-state index in [2.05, 4.69) is 11.9 Å². The van der Waals surface area contributed by atoms with Crippen LogP contribution in [0.2, 0.25) is 0 Å². The van der Waals surface area contributed by atoms with Crippen molar-refractivity contribution in [3.05, 3.63) is 17.8 Å². The van der Waals surface area contributed by atoms with Gasteiger partial charge in [0, 0.05) is 5.41 Å². The lowest BCUT2D eigenvalue weighted by molar-refractivity contribution is -0.136. The van der Waals surface area contributed by atoms with Gasteiger partial charge in [-0.25, -0.2) is 4.98 Å². The van der Waals surface area contributed by atoms with Crippen molar-refractivity contribution in [2.24, 2.45) is 0 Å². The van der Waals surface area contributed by atoms with Crippen LogP contribution in [0, 0.1) is 0 Å². The zero-order chi connectivity index (χ0) is 11.6. The van der Waals surface area contributed by atoms with E-state index in [1.54, 1.807) is 0 Å². The molecule has 2 rings (SSSR count). The highest BCUT2D eigenvalue weighted by Gasteiger charge is 2.33. The minimum absolute atomic E-state index is 0.00893. The van der Waals surface area contributed by atoms with Crippen molar-refractivity contribution in [3.8, 4) is 0 Å². The number of nitrogens with zero attached hydrogens (tertiary/aromatic N) is 1. The standard InChI is InChI=1S/C12H17NO3/c1-12(5-3-2-4-6-12)11-13-9(8-16-11)7-10(14)15/h8H,2-7H2,1H3,(H,14,15). The lowest BCUT2D eigenvalue weighted by atomic mass is 9.76. The monoisotopic (exact) mass is 223 g/mol. The average Bonchev–Trinajstić information content (AvgIpc) is 2.67. The highest BCUT2D eigenvalue weighted by atomic mass is 16.4. The van der Waals surface area contributed by atoms with Crippen molar-refractivity contribution in [2.45, 2.75) is 50.9 Å². The maximum atomic E-state index is 10.6. The Balaban J connectivity index is 2.13. The highest BCUT2D eigenvalue weighted by Crippen LogP contribution is 2.38. The van der Waals surface area contributed by atoms with Crippen LogP contribution < -0.4 is 0 Å². The van der Waals surface area contributed by atoms with E-state index >= 15 is 0 Å². The third-order valence-corrected chi connectivity index (χ3v) is 3.36. The molecule has 0 radical (unpaired) electrons. The number of carboxylic acids is 1. The van der Waals surface area contributed by atoms with E-state index in [9.17, 15) is 4.79 Å². The van der Waals surface area contributed by atoms with Gasteiger partial charge in [0.1, 0.15) is 6.26 Å². The largest absolute Gasteiger partial charge is 0.481 e. The molecule has 4 nitrogen and oxygen atoms in total. The minimum atomic E-state index is -0.867. The molecule has 4 heteroatoms. The fourth-order valence-electron chi connectivity index (χ4n) is 2.37. The van der Waals surface area contributed by atoms with Gasteiger partial charge in [-0.05, 0) is 12.8 Å². The number of rotatable bonds is 3. The van der Waals surface area contributed by atoms with E-state index < -0.39 is 5.97 Å². The molecule has 0 aliphatic heterocycles. The lowest BCUT2D eigenvalue weighted by Gasteiger charge is -2.30. The minimum Gasteiger partial charge on any atom is -0.481 e. The molecule has 1 aliphatic rings. The lowest BCUT2D eigenvalue weighted by Crippen LogP contribution is -2.25. The van der Waals surface area contributed by atoms with Gasteiger partial charge in [-0.1, -0.05) is 26.2 Å². The SMILES string of the molecule is CC1(c2nc(CC(=O)O)co2)CCCCC1. The first-order chi connectivity index (χ1) is 7.60. The molecule has 1 heterocycles. The van der Waals surface area contributed by atoms with Crippen molar-refractivity contribution in [1.29, 1.82) is 0 Å². The number of carbonyl (C=O) groups is 1. The Morgan fingerprint density at radius 3 is 2.81 bits per heavy atom. The molecule has 1 aliphatic carbocycles. The predicted octanol–water partition coefficient (Wildman–Crippen LogP) is 2.52. The van der Waals surface area contributed by atoms with Gasteiger partial charge in [-0.15, -0.1) is 0 Å². The molecule has 1 fully saturated rings. The Bertz CT molecular complexity index is 377. The first kappa shape index (κ1) is 11.2. The van der Waals surface area contributed by atoms with Crippen molar-refractivity contribution in [2.75, 3.05) is 0 Å². The fourth-order valence-corrected chi connectivity index (χ4v) is 2.37. The van der Waals surface area contributed by atoms with Gasteiger partial charge in [0.15, 0.2) is 5.89 Å². The van der Waals surface area contributed by atoms with Crippen molar-refractivity contribution >= 4 is 5.97 Å². The Morgan fingerprint density at radius 1 is 1.50 bits per heavy atom. The van der Waals surface area contributed by atoms with Crippen LogP contribution in [-0.2, 0) is 16.6 Å². The number of aliphatic carboxylic acids is 1. The summed E-state index contributed by atoms with van der Waals surface area (Å²) < 4.78 is 5.43. The molecule has 0 saturated heterocycles. The maximum absolute atomic E-state index is 10.6. The molecule has 0 atom stereocenters. The summed E-state index contributed by atoms with van der Waals surface area (Å²) in [5.41, 5.74) is 0.531. The van der Waals surface area contributed by atoms with Crippen LogP contribution in [0.3, 0.4) is 0 Å². The Labute approximate surface area is 94.7 Å². The normalized spacial score (nSPS) is 19.6. The van der Waals surface area contributed by atoms with Crippen molar-refractivity contribution in [1.82, 2.24) is 4.98 Å². The van der Waals surface area contributed by atoms with Crippen LogP contribution in [0.4, 0.5) is 0 Å². The number of hydrogen-bond donors (Lipinski definition) is 1. The van der Waals surface area contributed by atoms with Gasteiger partial charge in [0.2, 0.25) is 0 Å². The second-order valence-electron chi connectivity index (χ2n) is 4.84. The van der Waals surface area contributed by atoms with Gasteiger partial charge in [0.05, 0.1) is 12.1 Å². The van der Waals surface area contributed by atoms with Gasteiger partial charge in [0.25, 0.3) is 0 Å². The quantitative estimate of drug-likeness (QED) is 0.855. The number of carboxylic acid groups (broad SMARTS) is 1. The first-order valence-electron chi connectivity index (χ1n) is 5.77. The molecule has 0 unspecified atom stereocenters. The first-order valence-corrected chi connectivity index (χ1v) is 5.77. The number of aromatic nitrogens is 1. The third kappa shape index (κ3) is 2.26. The van der Waals surface area contributed by atoms with Crippen LogP contribution in [0.15, 0.2) is 10.7 Å². The molecule has 1 aromatic heterocycles. The second kappa shape index (κ2) is 4.28. The van der Waals surface area contributed by atoms with Gasteiger partial charge in [-0.2, -0.15) is 0 Å². The molecule has 1 saturated carbocycles. The highest BCUT2D eigenvalue weighted by molar-refractivity contribution is 5.69. The molecule has 88 valence electrons. The van der Waals surface area contributed by atoms with Crippen molar-refractivity contribution in [3.63, 3.8) is 0 Å². The topological polar surface area (TPSA) is 63.3 Å². The molecule has 1 N–H and O–H groups in total. The van der Waals surface area contributed by atoms with Gasteiger partial charge < -0.3 is 9.52 Å². The van der Waals surface area contributed by atoms with E-state index in [0.29, 0.717) is 11.6 Å². The molecule has 1 aromatic rings. The smallest absolute Gasteiger partial charge is 0.309 e. The zero-order valence-electron chi connectivity index (χ0n) is 9.53. The van der Waals surface area contributed by atoms with Gasteiger partial charge in [-0.3, -0.25) is 4.79 Å². The van der Waals surface area contributed by atoms with E-state index in [1.807, 2.05) is 0 Å². The van der Waals surface area contributed by atoms with Crippen LogP contribution in [-0.4, -0.2) is 16.1 Å². The van der Waals surface area contributed by atoms with Crippen LogP contribution in [0.5, 0.6) is 0 Å². The molecule has 0 bridgehead atoms. The van der Waals surface area contributed by atoms with Crippen LogP contribution >= 0.6 is 0 Å². The van der Waals surface area contributed by atoms with E-state index in [0.717, 1.165) is 12.8 Å². The predicted molar refractivity (Wildman–Crippen MR) is 58.3 cm³/mol. The third-order valence-electron chi connectivity index (χ3n) is 3.36. The summed E-state index contributed by atoms with van der Waals surface area (Å²) in [5.74, 6) is -0.155. The summed E-state index contributed by atoms with van der Waals surface area (Å²) in [6.45, 7) is 2.16. The Hall–Kier alpha value is -1.32. The van der Waals surface area contributed by atoms with Gasteiger partial charge >= 0.3 is 5.97 Å². The zero-order valence-corrected chi connectivity index (χ0v) is 9.53. The number of oxazole rings is 1. The van der Waals surface area contributed by atoms with E-state index in [-0.39, 0.29) is 11.8 Å². The summed E-state index contributed by atoms with van der Waals surface area (Å²) >= 11 is 0. The van der Waals surface area contributed by atoms with E-state index in [1.165, 1.54) is 25.5 Å². The summed E-state index contributed by atoms with van der Waals surface area (Å²) in [4.78, 5) is 14.9. The second-order valence-corrected chi connectivity index (χ2v) is 4.84. The summed E-state index contributed by atoms with van der Waals surface area (Å²) in [7, 11) is 0. The summed E-state index contributed by atoms with van der Waals surface area (Å²) in [5, 5.41) is 8.67. The van der Waals surface area contributed by atoms with E-state index in [4.69, 9.17) is 9.52 Å². The average molecular weight is 223 g/mol. The Kier molecular flexibility index (Phi) is 2.99. The molecule has 0 aromatic carbocycles. The molecular weight excluding hydrogens is 206 g/mol. The number of hydrogen-bond acceptors (Lipinski definition) is 3. The molecule has 0 spiro atoms. The Morgan fingerprint density at radius 2 is 2.19 bits per heavy atom. The molecule has 16 heavy (non-hydrogen) atoms. The summed E-state index contributed by atoms with van der Waals surface area (Å²) in [6, 6.07) is 0.